The van der Waals surface area contributed by atoms with Crippen LogP contribution in [0.2, 0.25) is 0 Å². The summed E-state index contributed by atoms with van der Waals surface area (Å²) in [6, 6.07) is 4.12. The fourth-order valence-corrected chi connectivity index (χ4v) is 6.58. The molecule has 3 rings (SSSR count). The average Bonchev–Trinajstić information content (AvgIpc) is 3.00. The number of hydrogen-bond donors (Lipinski definition) is 0. The summed E-state index contributed by atoms with van der Waals surface area (Å²) in [5.41, 5.74) is 0.539. The molecular weight excluding hydrogens is 366 g/mol. The topological polar surface area (TPSA) is 104 Å². The van der Waals surface area contributed by atoms with E-state index in [1.807, 2.05) is 0 Å². The number of benzene rings is 1. The van der Waals surface area contributed by atoms with Gasteiger partial charge in [0, 0.05) is 0 Å². The highest BCUT2D eigenvalue weighted by Crippen LogP contribution is 2.31. The smallest absolute Gasteiger partial charge is 0.265 e. The number of rotatable bonds is 3. The summed E-state index contributed by atoms with van der Waals surface area (Å²) in [5.74, 6) is -0.932. The lowest BCUT2D eigenvalue weighted by Crippen LogP contribution is -2.33. The van der Waals surface area contributed by atoms with Gasteiger partial charge in [-0.3, -0.25) is 14.1 Å². The fourth-order valence-electron chi connectivity index (χ4n) is 3.09. The minimum Gasteiger partial charge on any atom is -0.273 e. The molecule has 2 aliphatic heterocycles. The van der Waals surface area contributed by atoms with Crippen LogP contribution in [0.3, 0.4) is 0 Å². The Morgan fingerprint density at radius 1 is 1.24 bits per heavy atom. The quantitative estimate of drug-likeness (QED) is 0.763. The number of carbonyl (C=O) groups excluding carboxylic acids is 1. The minimum absolute atomic E-state index is 0.0739. The van der Waals surface area contributed by atoms with Crippen molar-refractivity contribution < 1.29 is 21.6 Å². The summed E-state index contributed by atoms with van der Waals surface area (Å²) in [5, 5.41) is 0. The molecule has 1 aromatic carbocycles. The second kappa shape index (κ2) is 5.80. The molecule has 0 aromatic heterocycles. The Morgan fingerprint density at radius 2 is 1.92 bits per heavy atom. The van der Waals surface area contributed by atoms with Crippen LogP contribution in [0.4, 0.5) is 5.69 Å². The molecule has 0 N–H and O–H groups in total. The molecule has 25 heavy (non-hydrogen) atoms. The van der Waals surface area contributed by atoms with E-state index in [-0.39, 0.29) is 22.9 Å². The number of amides is 1. The summed E-state index contributed by atoms with van der Waals surface area (Å²) >= 11 is 0. The van der Waals surface area contributed by atoms with Gasteiger partial charge >= 0.3 is 0 Å². The highest BCUT2D eigenvalue weighted by atomic mass is 32.2. The van der Waals surface area contributed by atoms with E-state index in [9.17, 15) is 21.6 Å². The first kappa shape index (κ1) is 17.9. The van der Waals surface area contributed by atoms with Gasteiger partial charge in [0.25, 0.3) is 10.0 Å². The molecule has 2 heterocycles. The molecule has 1 atom stereocenters. The van der Waals surface area contributed by atoms with Crippen LogP contribution >= 0.6 is 0 Å². The van der Waals surface area contributed by atoms with E-state index in [0.717, 1.165) is 4.31 Å². The Morgan fingerprint density at radius 3 is 2.40 bits per heavy atom. The second-order valence-electron chi connectivity index (χ2n) is 6.24. The lowest BCUT2D eigenvalue weighted by Gasteiger charge is -2.21. The Hall–Kier alpha value is -1.94. The molecule has 0 unspecified atom stereocenters. The van der Waals surface area contributed by atoms with Crippen molar-refractivity contribution in [2.45, 2.75) is 25.7 Å². The van der Waals surface area contributed by atoms with E-state index >= 15 is 0 Å². The zero-order valence-electron chi connectivity index (χ0n) is 14.1. The van der Waals surface area contributed by atoms with Gasteiger partial charge in [-0.1, -0.05) is 6.92 Å². The molecule has 0 radical (unpaired) electrons. The summed E-state index contributed by atoms with van der Waals surface area (Å²) in [4.78, 5) is 16.3. The maximum absolute atomic E-state index is 12.8. The molecule has 0 saturated carbocycles. The summed E-state index contributed by atoms with van der Waals surface area (Å²) in [7, 11) is -7.49. The van der Waals surface area contributed by atoms with Gasteiger partial charge in [-0.25, -0.2) is 21.1 Å². The average molecular weight is 385 g/mol. The number of nitrogens with zero attached hydrogens (tertiary/aromatic N) is 3. The normalized spacial score (nSPS) is 23.2. The number of sulfonamides is 2. The zero-order chi connectivity index (χ0) is 18.6. The highest BCUT2D eigenvalue weighted by molar-refractivity contribution is 7.94. The number of hydrogen-bond acceptors (Lipinski definition) is 6. The lowest BCUT2D eigenvalue weighted by atomic mass is 10.2. The number of amidine groups is 1. The van der Waals surface area contributed by atoms with E-state index in [2.05, 4.69) is 4.99 Å². The first-order chi connectivity index (χ1) is 11.6. The third-order valence-corrected chi connectivity index (χ3v) is 8.24. The van der Waals surface area contributed by atoms with E-state index in [4.69, 9.17) is 0 Å². The summed E-state index contributed by atoms with van der Waals surface area (Å²) in [6.45, 7) is 5.47. The molecule has 0 spiro atoms. The Kier molecular flexibility index (Phi) is 4.15. The van der Waals surface area contributed by atoms with Crippen molar-refractivity contribution in [2.75, 3.05) is 23.1 Å². The van der Waals surface area contributed by atoms with Gasteiger partial charge in [0.05, 0.1) is 35.3 Å². The van der Waals surface area contributed by atoms with E-state index in [1.165, 1.54) is 22.5 Å². The molecular formula is C15H19N3O5S2. The van der Waals surface area contributed by atoms with Crippen LogP contribution in [-0.4, -0.2) is 51.7 Å². The predicted molar refractivity (Wildman–Crippen MR) is 93.5 cm³/mol. The first-order valence-electron chi connectivity index (χ1n) is 7.77. The van der Waals surface area contributed by atoms with E-state index < -0.39 is 31.9 Å². The summed E-state index contributed by atoms with van der Waals surface area (Å²) in [6.07, 6.45) is 0. The van der Waals surface area contributed by atoms with Crippen LogP contribution in [0.15, 0.2) is 28.1 Å². The number of aliphatic imine (C=N–C) groups is 1. The van der Waals surface area contributed by atoms with Crippen molar-refractivity contribution in [3.8, 4) is 0 Å². The Bertz CT molecular complexity index is 982. The van der Waals surface area contributed by atoms with Crippen molar-refractivity contribution in [2.24, 2.45) is 10.9 Å². The van der Waals surface area contributed by atoms with Gasteiger partial charge in [0.1, 0.15) is 5.84 Å². The Labute approximate surface area is 147 Å². The van der Waals surface area contributed by atoms with Gasteiger partial charge in [0.15, 0.2) is 0 Å². The standard InChI is InChI=1S/C15H19N3O5S2/c1-10-8-13(18-15(19)11(2)9-24(18,20)21)4-5-14(10)25(22,23)17-7-6-16-12(17)3/h4-5,8,11H,6-7,9H2,1-3H3/t11-/m0/s1. The molecule has 2 aliphatic rings. The van der Waals surface area contributed by atoms with Gasteiger partial charge in [-0.2, -0.15) is 0 Å². The Balaban J connectivity index is 2.03. The minimum atomic E-state index is -3.76. The van der Waals surface area contributed by atoms with Gasteiger partial charge < -0.3 is 0 Å². The largest absolute Gasteiger partial charge is 0.273 e. The van der Waals surface area contributed by atoms with Crippen LogP contribution in [0.1, 0.15) is 19.4 Å². The van der Waals surface area contributed by atoms with Gasteiger partial charge in [-0.15, -0.1) is 0 Å². The molecule has 0 bridgehead atoms. The van der Waals surface area contributed by atoms with Crippen molar-refractivity contribution in [1.29, 1.82) is 0 Å². The molecule has 1 amide bonds. The van der Waals surface area contributed by atoms with Crippen molar-refractivity contribution in [1.82, 2.24) is 4.31 Å². The molecule has 1 aromatic rings. The predicted octanol–water partition coefficient (Wildman–Crippen LogP) is 0.730. The van der Waals surface area contributed by atoms with E-state index in [1.54, 1.807) is 20.8 Å². The van der Waals surface area contributed by atoms with Crippen LogP contribution < -0.4 is 4.31 Å². The van der Waals surface area contributed by atoms with E-state index in [0.29, 0.717) is 17.9 Å². The van der Waals surface area contributed by atoms with Gasteiger partial charge in [0.2, 0.25) is 15.9 Å². The lowest BCUT2D eigenvalue weighted by molar-refractivity contribution is -0.119. The fraction of sp³-hybridized carbons (Fsp3) is 0.467. The maximum Gasteiger partial charge on any atom is 0.265 e. The summed E-state index contributed by atoms with van der Waals surface area (Å²) < 4.78 is 52.0. The highest BCUT2D eigenvalue weighted by Gasteiger charge is 2.42. The number of carbonyl (C=O) groups is 1. The second-order valence-corrected chi connectivity index (χ2v) is 9.93. The van der Waals surface area contributed by atoms with Crippen LogP contribution in [0.5, 0.6) is 0 Å². The zero-order valence-corrected chi connectivity index (χ0v) is 15.8. The number of aryl methyl sites for hydroxylation is 1. The third kappa shape index (κ3) is 2.82. The SMILES string of the molecule is CC1=NCCN1S(=O)(=O)c1ccc(N2C(=O)[C@@H](C)CS2(=O)=O)cc1C. The van der Waals surface area contributed by atoms with Crippen LogP contribution in [-0.2, 0) is 24.8 Å². The molecule has 1 saturated heterocycles. The monoisotopic (exact) mass is 385 g/mol. The van der Waals surface area contributed by atoms with Crippen molar-refractivity contribution >= 4 is 37.5 Å². The molecule has 8 nitrogen and oxygen atoms in total. The molecule has 1 fully saturated rings. The molecule has 10 heteroatoms. The molecule has 0 aliphatic carbocycles. The van der Waals surface area contributed by atoms with Crippen molar-refractivity contribution in [3.63, 3.8) is 0 Å². The van der Waals surface area contributed by atoms with Crippen LogP contribution in [0, 0.1) is 12.8 Å². The first-order valence-corrected chi connectivity index (χ1v) is 10.8. The number of anilines is 1. The molecule has 136 valence electrons. The van der Waals surface area contributed by atoms with Crippen molar-refractivity contribution in [3.05, 3.63) is 23.8 Å². The maximum atomic E-state index is 12.8. The van der Waals surface area contributed by atoms with Gasteiger partial charge in [-0.05, 0) is 37.6 Å². The van der Waals surface area contributed by atoms with Crippen LogP contribution in [0.25, 0.3) is 0 Å². The third-order valence-electron chi connectivity index (χ3n) is 4.33.